The summed E-state index contributed by atoms with van der Waals surface area (Å²) >= 11 is 8.49. The van der Waals surface area contributed by atoms with Crippen LogP contribution in [0.3, 0.4) is 0 Å². The number of rotatable bonds is 12. The van der Waals surface area contributed by atoms with E-state index >= 15 is 0 Å². The van der Waals surface area contributed by atoms with Gasteiger partial charge in [0.05, 0.1) is 18.8 Å². The van der Waals surface area contributed by atoms with E-state index in [2.05, 4.69) is 23.1 Å². The number of nitrogens with zero attached hydrogens (tertiary/aromatic N) is 4. The molecule has 6 rings (SSSR count). The third-order valence-corrected chi connectivity index (χ3v) is 12.0. The Morgan fingerprint density at radius 1 is 0.719 bits per heavy atom. The Hall–Kier alpha value is -2.87. The van der Waals surface area contributed by atoms with Gasteiger partial charge in [-0.2, -0.15) is 0 Å². The fraction of sp³-hybridized carbons (Fsp3) is 0.550. The van der Waals surface area contributed by atoms with Gasteiger partial charge in [-0.1, -0.05) is 73.1 Å². The maximum Gasteiger partial charge on any atom is 0.161 e. The highest BCUT2D eigenvalue weighted by atomic mass is 35.5. The number of benzene rings is 2. The molecule has 12 atom stereocenters. The summed E-state index contributed by atoms with van der Waals surface area (Å²) in [5, 5.41) is 51.9. The summed E-state index contributed by atoms with van der Waals surface area (Å²) in [5.74, 6) is 2.16. The fourth-order valence-electron chi connectivity index (χ4n) is 5.96. The first-order chi connectivity index (χ1) is 27.2. The molecule has 0 bridgehead atoms. The largest absolute Gasteiger partial charge is 0.490 e. The summed E-state index contributed by atoms with van der Waals surface area (Å²) in [6.45, 7) is 11.9. The van der Waals surface area contributed by atoms with E-state index in [0.29, 0.717) is 25.7 Å². The highest BCUT2D eigenvalue weighted by molar-refractivity contribution is 8.14. The van der Waals surface area contributed by atoms with Gasteiger partial charge in [-0.25, -0.2) is 0 Å². The fourth-order valence-corrected chi connectivity index (χ4v) is 8.43. The van der Waals surface area contributed by atoms with E-state index in [1.54, 1.807) is 12.2 Å². The normalized spacial score (nSPS) is 29.7. The summed E-state index contributed by atoms with van der Waals surface area (Å²) < 4.78 is 28.3. The van der Waals surface area contributed by atoms with Crippen LogP contribution < -0.4 is 9.47 Å². The average molecular weight is 854 g/mol. The molecule has 0 aliphatic carbocycles. The second-order valence-corrected chi connectivity index (χ2v) is 16.5. The first kappa shape index (κ1) is 46.8. The summed E-state index contributed by atoms with van der Waals surface area (Å²) in [6.07, 6.45) is -3.36. The molecule has 4 aliphatic heterocycles. The highest BCUT2D eigenvalue weighted by Crippen LogP contribution is 2.39. The van der Waals surface area contributed by atoms with Crippen molar-refractivity contribution in [2.75, 3.05) is 41.4 Å². The number of hydrogen-bond acceptors (Lipinski definition) is 16. The molecule has 2 saturated heterocycles. The molecule has 0 amide bonds. The van der Waals surface area contributed by atoms with Crippen LogP contribution >= 0.6 is 35.1 Å². The van der Waals surface area contributed by atoms with Crippen molar-refractivity contribution in [3.63, 3.8) is 0 Å². The summed E-state index contributed by atoms with van der Waals surface area (Å²) in [4.78, 5) is 12.5. The number of aliphatic hydroxyl groups excluding tert-OH is 5. The Morgan fingerprint density at radius 3 is 1.54 bits per heavy atom. The van der Waals surface area contributed by atoms with E-state index in [4.69, 9.17) is 35.3 Å². The van der Waals surface area contributed by atoms with Gasteiger partial charge in [0, 0.05) is 34.1 Å². The van der Waals surface area contributed by atoms with Crippen molar-refractivity contribution in [2.45, 2.75) is 98.1 Å². The van der Waals surface area contributed by atoms with Gasteiger partial charge in [-0.3, -0.25) is 9.98 Å². The minimum Gasteiger partial charge on any atom is -0.490 e. The SMILES string of the molecule is C=CCOc1ccc(CCl)cc1.C=CCOc1ccc(CO[C@@H](C)[C@H]2O[C@@H]3SC(N(C)C)=N[C@@H]3[C@@H](O)[C@@H]2O)cc1.C[C@H](O)[C@H]1O[C@@H]2SC(N(C)C)=N[C@@H]2[C@@H](O)[C@@H]1O. The number of aliphatic hydroxyl groups is 5. The van der Waals surface area contributed by atoms with Crippen molar-refractivity contribution in [3.05, 3.63) is 85.0 Å². The molecule has 0 unspecified atom stereocenters. The zero-order valence-corrected chi connectivity index (χ0v) is 35.6. The number of fused-ring (bicyclic) bond motifs is 2. The van der Waals surface area contributed by atoms with Gasteiger partial charge >= 0.3 is 0 Å². The minimum atomic E-state index is -1.11. The maximum absolute atomic E-state index is 10.5. The standard InChI is InChI=1S/C20H28N2O5S.C10H11ClO.C10H18N2O4S/c1-5-10-25-14-8-6-13(7-9-14)11-26-12(2)18-17(24)16(23)15-19(27-18)28-20(21-15)22(3)4;1-2-7-12-10-5-3-9(8-11)4-6-10;1-4(13)8-7(15)6(14)5-9(16-8)17-10(11-5)12(2)3/h5-9,12,15-19,23-24H,1,10-11H2,2-4H3;2-6H,1,7-8H2;4-9,13-15H,1-3H3/t12-,15+,16+,17-,18+,19+;;4-,5+,6+,7-,8+,9+/m0.0/s1. The minimum absolute atomic E-state index is 0.326. The van der Waals surface area contributed by atoms with E-state index in [1.807, 2.05) is 93.4 Å². The molecule has 2 aromatic carbocycles. The van der Waals surface area contributed by atoms with Crippen LogP contribution in [0.4, 0.5) is 0 Å². The topological polar surface area (TPSA) is 178 Å². The Kier molecular flexibility index (Phi) is 18.5. The van der Waals surface area contributed by atoms with Crippen LogP contribution in [-0.2, 0) is 26.7 Å². The molecule has 0 radical (unpaired) electrons. The lowest BCUT2D eigenvalue weighted by Crippen LogP contribution is -2.58. The first-order valence-electron chi connectivity index (χ1n) is 18.6. The lowest BCUT2D eigenvalue weighted by atomic mass is 9.95. The monoisotopic (exact) mass is 852 g/mol. The van der Waals surface area contributed by atoms with Crippen LogP contribution in [0.25, 0.3) is 0 Å². The molecule has 4 aliphatic rings. The first-order valence-corrected chi connectivity index (χ1v) is 20.9. The molecule has 0 aromatic heterocycles. The van der Waals surface area contributed by atoms with Crippen LogP contribution in [0, 0.1) is 0 Å². The van der Waals surface area contributed by atoms with Gasteiger partial charge in [0.2, 0.25) is 0 Å². The van der Waals surface area contributed by atoms with Crippen molar-refractivity contribution in [1.29, 1.82) is 0 Å². The molecule has 316 valence electrons. The van der Waals surface area contributed by atoms with Gasteiger partial charge in [0.1, 0.15) is 84.3 Å². The number of hydrogen-bond donors (Lipinski definition) is 5. The van der Waals surface area contributed by atoms with E-state index in [9.17, 15) is 25.5 Å². The Morgan fingerprint density at radius 2 is 1.14 bits per heavy atom. The van der Waals surface area contributed by atoms with Crippen LogP contribution in [-0.4, -0.2) is 159 Å². The summed E-state index contributed by atoms with van der Waals surface area (Å²) in [7, 11) is 7.50. The van der Waals surface area contributed by atoms with Crippen LogP contribution in [0.15, 0.2) is 83.8 Å². The second kappa shape index (κ2) is 22.5. The maximum atomic E-state index is 10.5. The number of aliphatic imine (C=N–C) groups is 2. The average Bonchev–Trinajstić information content (AvgIpc) is 3.85. The predicted octanol–water partition coefficient (Wildman–Crippen LogP) is 3.47. The molecule has 5 N–H and O–H groups in total. The molecule has 0 spiro atoms. The second-order valence-electron chi connectivity index (χ2n) is 14.1. The quantitative estimate of drug-likeness (QED) is 0.155. The molecular weight excluding hydrogens is 796 g/mol. The molecule has 4 heterocycles. The smallest absolute Gasteiger partial charge is 0.161 e. The third kappa shape index (κ3) is 12.8. The molecule has 17 heteroatoms. The predicted molar refractivity (Wildman–Crippen MR) is 226 cm³/mol. The van der Waals surface area contributed by atoms with Gasteiger partial charge in [-0.15, -0.1) is 11.6 Å². The molecule has 0 saturated carbocycles. The van der Waals surface area contributed by atoms with E-state index in [0.717, 1.165) is 33.0 Å². The molecular formula is C40H57ClN4O10S2. The van der Waals surface area contributed by atoms with Crippen LogP contribution in [0.1, 0.15) is 25.0 Å². The molecule has 2 aromatic rings. The van der Waals surface area contributed by atoms with E-state index in [-0.39, 0.29) is 10.9 Å². The van der Waals surface area contributed by atoms with Gasteiger partial charge in [0.15, 0.2) is 10.3 Å². The van der Waals surface area contributed by atoms with Crippen molar-refractivity contribution < 1.29 is 49.2 Å². The highest BCUT2D eigenvalue weighted by Gasteiger charge is 2.51. The Bertz CT molecular complexity index is 1620. The third-order valence-electron chi connectivity index (χ3n) is 9.13. The van der Waals surface area contributed by atoms with E-state index < -0.39 is 60.9 Å². The van der Waals surface area contributed by atoms with Crippen molar-refractivity contribution in [2.24, 2.45) is 9.98 Å². The molecule has 14 nitrogen and oxygen atoms in total. The lowest BCUT2D eigenvalue weighted by Gasteiger charge is -2.40. The van der Waals surface area contributed by atoms with Crippen molar-refractivity contribution in [1.82, 2.24) is 9.80 Å². The van der Waals surface area contributed by atoms with E-state index in [1.165, 1.54) is 30.4 Å². The zero-order valence-electron chi connectivity index (χ0n) is 33.2. The molecule has 2 fully saturated rings. The van der Waals surface area contributed by atoms with Crippen LogP contribution in [0.2, 0.25) is 0 Å². The summed E-state index contributed by atoms with van der Waals surface area (Å²) in [5.41, 5.74) is 1.41. The number of alkyl halides is 1. The Balaban J connectivity index is 0.000000210. The number of amidine groups is 2. The number of ether oxygens (including phenoxy) is 5. The lowest BCUT2D eigenvalue weighted by molar-refractivity contribution is -0.193. The Labute approximate surface area is 349 Å². The number of halogens is 1. The van der Waals surface area contributed by atoms with Gasteiger partial charge in [0.25, 0.3) is 0 Å². The van der Waals surface area contributed by atoms with Crippen molar-refractivity contribution in [3.8, 4) is 11.5 Å². The van der Waals surface area contributed by atoms with Gasteiger partial charge in [-0.05, 0) is 49.2 Å². The van der Waals surface area contributed by atoms with Crippen LogP contribution in [0.5, 0.6) is 11.5 Å². The molecule has 57 heavy (non-hydrogen) atoms. The van der Waals surface area contributed by atoms with Gasteiger partial charge < -0.3 is 59.0 Å². The zero-order chi connectivity index (χ0) is 41.8. The summed E-state index contributed by atoms with van der Waals surface area (Å²) in [6, 6.07) is 14.4. The van der Waals surface area contributed by atoms with Crippen molar-refractivity contribution >= 4 is 45.5 Å². The number of thioether (sulfide) groups is 2.